The highest BCUT2D eigenvalue weighted by atomic mass is 16.2. The van der Waals surface area contributed by atoms with Crippen molar-refractivity contribution in [2.24, 2.45) is 16.6 Å². The Morgan fingerprint density at radius 1 is 1.22 bits per heavy atom. The number of nitrogens with one attached hydrogen (secondary N) is 1. The number of anilines is 1. The predicted octanol–water partition coefficient (Wildman–Crippen LogP) is 5.65. The van der Waals surface area contributed by atoms with Crippen molar-refractivity contribution < 1.29 is 9.59 Å². The molecule has 1 fully saturated rings. The largest absolute Gasteiger partial charge is 0.404 e. The Morgan fingerprint density at radius 2 is 2.03 bits per heavy atom. The van der Waals surface area contributed by atoms with Gasteiger partial charge in [0, 0.05) is 35.3 Å². The van der Waals surface area contributed by atoms with Crippen LogP contribution < -0.4 is 16.0 Å². The van der Waals surface area contributed by atoms with E-state index in [9.17, 15) is 9.59 Å². The summed E-state index contributed by atoms with van der Waals surface area (Å²) in [5.41, 5.74) is 10.1. The van der Waals surface area contributed by atoms with Gasteiger partial charge in [-0.25, -0.2) is 0 Å². The minimum absolute atomic E-state index is 0.123. The van der Waals surface area contributed by atoms with Gasteiger partial charge in [-0.05, 0) is 73.4 Å². The van der Waals surface area contributed by atoms with E-state index in [2.05, 4.69) is 32.7 Å². The quantitative estimate of drug-likeness (QED) is 0.425. The fourth-order valence-electron chi connectivity index (χ4n) is 5.37. The van der Waals surface area contributed by atoms with E-state index in [0.717, 1.165) is 39.9 Å². The number of piperidine rings is 1. The van der Waals surface area contributed by atoms with Gasteiger partial charge in [-0.15, -0.1) is 0 Å². The highest BCUT2D eigenvalue weighted by Crippen LogP contribution is 2.41. The van der Waals surface area contributed by atoms with Gasteiger partial charge in [0.25, 0.3) is 5.91 Å². The third-order valence-corrected chi connectivity index (χ3v) is 7.41. The van der Waals surface area contributed by atoms with Crippen LogP contribution >= 0.6 is 0 Å². The van der Waals surface area contributed by atoms with Crippen LogP contribution in [0.1, 0.15) is 75.2 Å². The van der Waals surface area contributed by atoms with Crippen LogP contribution in [0, 0.1) is 5.92 Å². The van der Waals surface area contributed by atoms with E-state index in [1.54, 1.807) is 11.1 Å². The SMILES string of the molecule is C=C1CCC(N2C(=O)c3cccc4c(C/C(C=NC(C)CCC(C)CCC)=C/N)ccc2c34)C(=O)N1. The topological polar surface area (TPSA) is 87.8 Å². The second kappa shape index (κ2) is 11.1. The van der Waals surface area contributed by atoms with Crippen molar-refractivity contribution in [3.05, 3.63) is 65.5 Å². The molecule has 2 amide bonds. The number of allylic oxidation sites excluding steroid dienone is 2. The molecule has 2 heterocycles. The van der Waals surface area contributed by atoms with E-state index in [0.29, 0.717) is 30.5 Å². The number of rotatable bonds is 10. The number of benzene rings is 2. The zero-order valence-electron chi connectivity index (χ0n) is 21.7. The molecule has 2 aliphatic rings. The average molecular weight is 487 g/mol. The smallest absolute Gasteiger partial charge is 0.259 e. The summed E-state index contributed by atoms with van der Waals surface area (Å²) in [5.74, 6) is 0.432. The van der Waals surface area contributed by atoms with E-state index in [1.165, 1.54) is 19.3 Å². The normalized spacial score (nSPS) is 19.9. The standard InChI is InChI=1S/C30H38N4O2/c1-5-7-19(2)10-11-20(3)32-18-22(17-31)16-23-13-15-26-28-24(23)8-6-9-25(28)30(36)34(26)27-14-12-21(4)33-29(27)35/h6,8-9,13,15,17-20,27H,4-5,7,10-12,14,16,31H2,1-3H3,(H,33,35)/b22-17-,32-18?. The van der Waals surface area contributed by atoms with E-state index >= 15 is 0 Å². The number of nitrogens with two attached hydrogens (primary N) is 1. The number of hydrogen-bond donors (Lipinski definition) is 2. The lowest BCUT2D eigenvalue weighted by atomic mass is 9.96. The maximum absolute atomic E-state index is 13.4. The fraction of sp³-hybridized carbons (Fsp3) is 0.433. The molecule has 190 valence electrons. The summed E-state index contributed by atoms with van der Waals surface area (Å²) < 4.78 is 0. The molecule has 0 aromatic heterocycles. The summed E-state index contributed by atoms with van der Waals surface area (Å²) in [7, 11) is 0. The van der Waals surface area contributed by atoms with Crippen LogP contribution in [-0.4, -0.2) is 30.1 Å². The van der Waals surface area contributed by atoms with Gasteiger partial charge in [-0.2, -0.15) is 0 Å². The molecule has 0 aliphatic carbocycles. The molecule has 2 aromatic carbocycles. The Balaban J connectivity index is 1.55. The highest BCUT2D eigenvalue weighted by Gasteiger charge is 2.39. The van der Waals surface area contributed by atoms with Crippen molar-refractivity contribution in [2.75, 3.05) is 4.90 Å². The van der Waals surface area contributed by atoms with Gasteiger partial charge in [0.2, 0.25) is 5.91 Å². The summed E-state index contributed by atoms with van der Waals surface area (Å²) in [6, 6.07) is 9.52. The molecule has 3 N–H and O–H groups in total. The Hall–Kier alpha value is -3.41. The van der Waals surface area contributed by atoms with Crippen LogP contribution in [-0.2, 0) is 11.2 Å². The Labute approximate surface area is 214 Å². The number of carbonyl (C=O) groups excluding carboxylic acids is 2. The molecule has 1 saturated heterocycles. The third kappa shape index (κ3) is 5.23. The summed E-state index contributed by atoms with van der Waals surface area (Å²) in [6.45, 7) is 10.6. The molecule has 36 heavy (non-hydrogen) atoms. The molecule has 6 nitrogen and oxygen atoms in total. The lowest BCUT2D eigenvalue weighted by molar-refractivity contribution is -0.122. The first-order valence-electron chi connectivity index (χ1n) is 13.1. The first-order chi connectivity index (χ1) is 17.3. The number of amides is 2. The summed E-state index contributed by atoms with van der Waals surface area (Å²) in [6.07, 6.45) is 10.1. The molecular weight excluding hydrogens is 448 g/mol. The van der Waals surface area contributed by atoms with E-state index < -0.39 is 6.04 Å². The highest BCUT2D eigenvalue weighted by molar-refractivity contribution is 6.27. The van der Waals surface area contributed by atoms with Crippen LogP contribution in [0.4, 0.5) is 5.69 Å². The molecule has 0 radical (unpaired) electrons. The van der Waals surface area contributed by atoms with E-state index in [4.69, 9.17) is 10.7 Å². The van der Waals surface area contributed by atoms with Gasteiger partial charge in [-0.1, -0.05) is 51.5 Å². The summed E-state index contributed by atoms with van der Waals surface area (Å²) in [5, 5.41) is 4.73. The van der Waals surface area contributed by atoms with E-state index in [-0.39, 0.29) is 17.9 Å². The van der Waals surface area contributed by atoms with Crippen molar-refractivity contribution in [2.45, 2.75) is 77.8 Å². The molecule has 3 atom stereocenters. The molecule has 2 aromatic rings. The lowest BCUT2D eigenvalue weighted by Crippen LogP contribution is -2.51. The maximum Gasteiger partial charge on any atom is 0.259 e. The molecule has 6 heteroatoms. The van der Waals surface area contributed by atoms with Crippen molar-refractivity contribution >= 4 is 34.5 Å². The molecule has 0 saturated carbocycles. The molecular formula is C30H38N4O2. The van der Waals surface area contributed by atoms with Crippen LogP contribution in [0.2, 0.25) is 0 Å². The van der Waals surface area contributed by atoms with Gasteiger partial charge in [-0.3, -0.25) is 19.5 Å². The molecule has 0 bridgehead atoms. The van der Waals surface area contributed by atoms with Crippen LogP contribution in [0.5, 0.6) is 0 Å². The van der Waals surface area contributed by atoms with Crippen molar-refractivity contribution in [3.63, 3.8) is 0 Å². The monoisotopic (exact) mass is 486 g/mol. The van der Waals surface area contributed by atoms with Gasteiger partial charge in [0.1, 0.15) is 6.04 Å². The first kappa shape index (κ1) is 25.7. The lowest BCUT2D eigenvalue weighted by Gasteiger charge is -2.31. The molecule has 0 spiro atoms. The molecule has 4 rings (SSSR count). The number of carbonyl (C=O) groups is 2. The minimum atomic E-state index is -0.530. The Kier molecular flexibility index (Phi) is 7.92. The van der Waals surface area contributed by atoms with Crippen molar-refractivity contribution in [1.82, 2.24) is 5.32 Å². The minimum Gasteiger partial charge on any atom is -0.404 e. The van der Waals surface area contributed by atoms with Crippen LogP contribution in [0.3, 0.4) is 0 Å². The second-order valence-corrected chi connectivity index (χ2v) is 10.3. The zero-order valence-corrected chi connectivity index (χ0v) is 21.7. The number of hydrogen-bond acceptors (Lipinski definition) is 4. The maximum atomic E-state index is 13.4. The van der Waals surface area contributed by atoms with E-state index in [1.807, 2.05) is 36.5 Å². The van der Waals surface area contributed by atoms with Crippen molar-refractivity contribution in [3.8, 4) is 0 Å². The Morgan fingerprint density at radius 3 is 2.75 bits per heavy atom. The zero-order chi connectivity index (χ0) is 25.8. The van der Waals surface area contributed by atoms with Gasteiger partial charge < -0.3 is 11.1 Å². The van der Waals surface area contributed by atoms with Gasteiger partial charge in [0.05, 0.1) is 5.69 Å². The summed E-state index contributed by atoms with van der Waals surface area (Å²) >= 11 is 0. The third-order valence-electron chi connectivity index (χ3n) is 7.41. The number of aliphatic imine (C=N–C) groups is 1. The second-order valence-electron chi connectivity index (χ2n) is 10.3. The average Bonchev–Trinajstić information content (AvgIpc) is 3.14. The van der Waals surface area contributed by atoms with Gasteiger partial charge >= 0.3 is 0 Å². The number of nitrogens with zero attached hydrogens (tertiary/aromatic N) is 2. The molecule has 3 unspecified atom stereocenters. The Bertz CT molecular complexity index is 1230. The van der Waals surface area contributed by atoms with Crippen LogP contribution in [0.15, 0.2) is 59.4 Å². The predicted molar refractivity (Wildman–Crippen MR) is 148 cm³/mol. The van der Waals surface area contributed by atoms with Gasteiger partial charge in [0.15, 0.2) is 0 Å². The fourth-order valence-corrected chi connectivity index (χ4v) is 5.37. The first-order valence-corrected chi connectivity index (χ1v) is 13.1. The van der Waals surface area contributed by atoms with Crippen LogP contribution in [0.25, 0.3) is 10.8 Å². The summed E-state index contributed by atoms with van der Waals surface area (Å²) in [4.78, 5) is 32.5. The molecule has 2 aliphatic heterocycles. The van der Waals surface area contributed by atoms with Crippen molar-refractivity contribution in [1.29, 1.82) is 0 Å².